The third kappa shape index (κ3) is 5.16. The Labute approximate surface area is 74.0 Å². The van der Waals surface area contributed by atoms with Gasteiger partial charge in [0.1, 0.15) is 0 Å². The lowest BCUT2D eigenvalue weighted by Crippen LogP contribution is -2.04. The van der Waals surface area contributed by atoms with Crippen molar-refractivity contribution in [2.45, 2.75) is 29.4 Å². The van der Waals surface area contributed by atoms with Crippen LogP contribution in [0.1, 0.15) is 26.2 Å². The predicted molar refractivity (Wildman–Crippen MR) is 50.3 cm³/mol. The molecule has 0 amide bonds. The lowest BCUT2D eigenvalue weighted by Gasteiger charge is -2.13. The van der Waals surface area contributed by atoms with E-state index in [0.29, 0.717) is 0 Å². The van der Waals surface area contributed by atoms with Crippen LogP contribution >= 0.6 is 31.9 Å². The average molecular weight is 256 g/mol. The molecule has 0 aliphatic carbocycles. The highest BCUT2D eigenvalue weighted by atomic mass is 79.9. The number of rotatable bonds is 4. The van der Waals surface area contributed by atoms with Gasteiger partial charge in [0.05, 0.1) is 3.23 Å². The molecular formula is C7H12Br2. The number of halogens is 2. The van der Waals surface area contributed by atoms with Crippen molar-refractivity contribution in [2.75, 3.05) is 0 Å². The zero-order valence-corrected chi connectivity index (χ0v) is 8.83. The van der Waals surface area contributed by atoms with Gasteiger partial charge in [-0.15, -0.1) is 6.58 Å². The molecule has 0 radical (unpaired) electrons. The Bertz CT molecular complexity index is 86.9. The van der Waals surface area contributed by atoms with E-state index in [9.17, 15) is 0 Å². The summed E-state index contributed by atoms with van der Waals surface area (Å²) in [5, 5.41) is 0. The lowest BCUT2D eigenvalue weighted by molar-refractivity contribution is 0.727. The first-order valence-electron chi connectivity index (χ1n) is 3.14. The number of allylic oxidation sites excluding steroid dienone is 1. The third-order valence-electron chi connectivity index (χ3n) is 1.16. The van der Waals surface area contributed by atoms with Crippen molar-refractivity contribution in [1.29, 1.82) is 0 Å². The van der Waals surface area contributed by atoms with Crippen molar-refractivity contribution in [3.63, 3.8) is 0 Å². The molecule has 9 heavy (non-hydrogen) atoms. The Hall–Kier alpha value is 0.700. The number of alkyl halides is 2. The first kappa shape index (κ1) is 9.70. The maximum Gasteiger partial charge on any atom is 0.0981 e. The van der Waals surface area contributed by atoms with Gasteiger partial charge in [-0.25, -0.2) is 0 Å². The molecule has 0 spiro atoms. The fourth-order valence-electron chi connectivity index (χ4n) is 0.515. The van der Waals surface area contributed by atoms with E-state index in [-0.39, 0.29) is 3.23 Å². The highest BCUT2D eigenvalue weighted by Crippen LogP contribution is 2.32. The zero-order chi connectivity index (χ0) is 7.33. The van der Waals surface area contributed by atoms with Crippen molar-refractivity contribution < 1.29 is 0 Å². The lowest BCUT2D eigenvalue weighted by atomic mass is 10.2. The summed E-state index contributed by atoms with van der Waals surface area (Å²) in [4.78, 5) is 0. The number of hydrogen-bond acceptors (Lipinski definition) is 0. The van der Waals surface area contributed by atoms with Crippen LogP contribution in [-0.2, 0) is 0 Å². The second-order valence-electron chi connectivity index (χ2n) is 2.07. The van der Waals surface area contributed by atoms with Crippen LogP contribution in [0.25, 0.3) is 0 Å². The van der Waals surface area contributed by atoms with Crippen molar-refractivity contribution in [2.24, 2.45) is 0 Å². The van der Waals surface area contributed by atoms with Gasteiger partial charge < -0.3 is 0 Å². The molecule has 0 atom stereocenters. The largest absolute Gasteiger partial charge is 0.101 e. The van der Waals surface area contributed by atoms with Crippen molar-refractivity contribution in [3.05, 3.63) is 12.7 Å². The molecule has 0 fully saturated rings. The van der Waals surface area contributed by atoms with Crippen LogP contribution in [0.3, 0.4) is 0 Å². The molecule has 0 aromatic rings. The zero-order valence-electron chi connectivity index (χ0n) is 5.66. The molecule has 0 aromatic heterocycles. The van der Waals surface area contributed by atoms with E-state index in [2.05, 4.69) is 45.4 Å². The van der Waals surface area contributed by atoms with Gasteiger partial charge in [0.15, 0.2) is 0 Å². The molecule has 0 bridgehead atoms. The van der Waals surface area contributed by atoms with Gasteiger partial charge in [-0.05, 0) is 6.42 Å². The third-order valence-corrected chi connectivity index (χ3v) is 2.60. The number of hydrogen-bond donors (Lipinski definition) is 0. The molecule has 0 saturated carbocycles. The fourth-order valence-corrected chi connectivity index (χ4v) is 1.08. The molecule has 0 aromatic carbocycles. The fraction of sp³-hybridized carbons (Fsp3) is 0.714. The molecule has 54 valence electrons. The minimum atomic E-state index is -0.0178. The Kier molecular flexibility index (Phi) is 4.86. The Morgan fingerprint density at radius 1 is 1.56 bits per heavy atom. The molecule has 0 aliphatic heterocycles. The van der Waals surface area contributed by atoms with Crippen LogP contribution < -0.4 is 0 Å². The maximum absolute atomic E-state index is 3.69. The van der Waals surface area contributed by atoms with E-state index in [1.807, 2.05) is 6.08 Å². The van der Waals surface area contributed by atoms with E-state index in [1.165, 1.54) is 12.8 Å². The molecular weight excluding hydrogens is 244 g/mol. The summed E-state index contributed by atoms with van der Waals surface area (Å²) in [7, 11) is 0. The van der Waals surface area contributed by atoms with Crippen LogP contribution in [0, 0.1) is 0 Å². The summed E-state index contributed by atoms with van der Waals surface area (Å²) < 4.78 is -0.0178. The van der Waals surface area contributed by atoms with Gasteiger partial charge in [0, 0.05) is 0 Å². The predicted octanol–water partition coefficient (Wildman–Crippen LogP) is 3.85. The molecule has 0 N–H and O–H groups in total. The smallest absolute Gasteiger partial charge is 0.0981 e. The minimum absolute atomic E-state index is 0.0178. The van der Waals surface area contributed by atoms with Gasteiger partial charge >= 0.3 is 0 Å². The van der Waals surface area contributed by atoms with Gasteiger partial charge in [-0.2, -0.15) is 0 Å². The summed E-state index contributed by atoms with van der Waals surface area (Å²) in [5.74, 6) is 0. The molecule has 0 unspecified atom stereocenters. The van der Waals surface area contributed by atoms with Crippen molar-refractivity contribution >= 4 is 31.9 Å². The first-order chi connectivity index (χ1) is 4.12. The molecule has 0 nitrogen and oxygen atoms in total. The van der Waals surface area contributed by atoms with Crippen LogP contribution in [0.5, 0.6) is 0 Å². The molecule has 0 heterocycles. The van der Waals surface area contributed by atoms with Gasteiger partial charge in [-0.1, -0.05) is 57.7 Å². The Balaban J connectivity index is 3.45. The van der Waals surface area contributed by atoms with E-state index in [4.69, 9.17) is 0 Å². The van der Waals surface area contributed by atoms with Crippen molar-refractivity contribution in [3.8, 4) is 0 Å². The molecule has 0 saturated heterocycles. The summed E-state index contributed by atoms with van der Waals surface area (Å²) in [5.41, 5.74) is 0. The molecule has 2 heteroatoms. The highest BCUT2D eigenvalue weighted by molar-refractivity contribution is 9.25. The van der Waals surface area contributed by atoms with Crippen LogP contribution in [0.15, 0.2) is 12.7 Å². The second kappa shape index (κ2) is 4.51. The topological polar surface area (TPSA) is 0 Å². The standard InChI is InChI=1S/C7H12Br2/c1-3-5-6-7(8,9)4-2/h4H,2-3,5-6H2,1H3. The van der Waals surface area contributed by atoms with Crippen LogP contribution in [0.4, 0.5) is 0 Å². The monoisotopic (exact) mass is 254 g/mol. The highest BCUT2D eigenvalue weighted by Gasteiger charge is 2.15. The van der Waals surface area contributed by atoms with E-state index in [1.54, 1.807) is 0 Å². The summed E-state index contributed by atoms with van der Waals surface area (Å²) in [6.07, 6.45) is 5.44. The first-order valence-corrected chi connectivity index (χ1v) is 4.72. The van der Waals surface area contributed by atoms with Gasteiger partial charge in [0.2, 0.25) is 0 Å². The molecule has 0 aliphatic rings. The maximum atomic E-state index is 3.69. The van der Waals surface area contributed by atoms with Gasteiger partial charge in [-0.3, -0.25) is 0 Å². The van der Waals surface area contributed by atoms with Crippen molar-refractivity contribution in [1.82, 2.24) is 0 Å². The number of unbranched alkanes of at least 4 members (excludes halogenated alkanes) is 1. The Morgan fingerprint density at radius 2 is 2.11 bits per heavy atom. The SMILES string of the molecule is C=CC(Br)(Br)CCCC. The van der Waals surface area contributed by atoms with E-state index in [0.717, 1.165) is 6.42 Å². The minimum Gasteiger partial charge on any atom is -0.101 e. The second-order valence-corrected chi connectivity index (χ2v) is 5.96. The Morgan fingerprint density at radius 3 is 2.44 bits per heavy atom. The summed E-state index contributed by atoms with van der Waals surface area (Å²) in [6.45, 7) is 5.87. The van der Waals surface area contributed by atoms with Gasteiger partial charge in [0.25, 0.3) is 0 Å². The average Bonchev–Trinajstić information content (AvgIpc) is 1.84. The summed E-state index contributed by atoms with van der Waals surface area (Å²) >= 11 is 6.96. The van der Waals surface area contributed by atoms with E-state index >= 15 is 0 Å². The molecule has 0 rings (SSSR count). The van der Waals surface area contributed by atoms with Crippen LogP contribution in [-0.4, -0.2) is 3.23 Å². The normalized spacial score (nSPS) is 11.4. The quantitative estimate of drug-likeness (QED) is 0.529. The van der Waals surface area contributed by atoms with Crippen LogP contribution in [0.2, 0.25) is 0 Å². The summed E-state index contributed by atoms with van der Waals surface area (Å²) in [6, 6.07) is 0. The van der Waals surface area contributed by atoms with E-state index < -0.39 is 0 Å².